The van der Waals surface area contributed by atoms with Gasteiger partial charge in [-0.2, -0.15) is 0 Å². The third kappa shape index (κ3) is 3.10. The summed E-state index contributed by atoms with van der Waals surface area (Å²) in [6, 6.07) is 0.568. The first-order chi connectivity index (χ1) is 9.02. The molecule has 0 radical (unpaired) electrons. The van der Waals surface area contributed by atoms with E-state index in [4.69, 9.17) is 19.5 Å². The standard InChI is InChI=1S/C15H26N2O2/c1-6-11(14-16-12(7-18-14)9(2)3)15-17-13(8-19-15)10(4)5/h9-13H,6-8H2,1-5H3. The van der Waals surface area contributed by atoms with E-state index >= 15 is 0 Å². The van der Waals surface area contributed by atoms with E-state index in [1.54, 1.807) is 0 Å². The van der Waals surface area contributed by atoms with Gasteiger partial charge in [0.15, 0.2) is 11.8 Å². The minimum absolute atomic E-state index is 0.104. The van der Waals surface area contributed by atoms with Crippen molar-refractivity contribution in [2.24, 2.45) is 27.7 Å². The van der Waals surface area contributed by atoms with Crippen molar-refractivity contribution in [1.29, 1.82) is 0 Å². The fraction of sp³-hybridized carbons (Fsp3) is 0.867. The van der Waals surface area contributed by atoms with Gasteiger partial charge in [-0.3, -0.25) is 0 Å². The Labute approximate surface area is 116 Å². The SMILES string of the molecule is CCC(C1=NC(C(C)C)CO1)C1=NC(C(C)C)CO1. The van der Waals surface area contributed by atoms with Crippen LogP contribution in [0.2, 0.25) is 0 Å². The molecule has 2 aliphatic heterocycles. The van der Waals surface area contributed by atoms with Crippen LogP contribution in [0.1, 0.15) is 41.0 Å². The minimum atomic E-state index is 0.104. The molecule has 0 aromatic heterocycles. The van der Waals surface area contributed by atoms with Gasteiger partial charge in [-0.15, -0.1) is 0 Å². The van der Waals surface area contributed by atoms with E-state index in [1.165, 1.54) is 0 Å². The Balaban J connectivity index is 2.09. The van der Waals surface area contributed by atoms with Crippen LogP contribution >= 0.6 is 0 Å². The summed E-state index contributed by atoms with van der Waals surface area (Å²) in [4.78, 5) is 9.41. The molecule has 0 N–H and O–H groups in total. The lowest BCUT2D eigenvalue weighted by molar-refractivity contribution is 0.264. The lowest BCUT2D eigenvalue weighted by Gasteiger charge is -2.13. The van der Waals surface area contributed by atoms with Gasteiger partial charge in [0.2, 0.25) is 0 Å². The molecule has 108 valence electrons. The van der Waals surface area contributed by atoms with E-state index < -0.39 is 0 Å². The van der Waals surface area contributed by atoms with Gasteiger partial charge < -0.3 is 9.47 Å². The highest BCUT2D eigenvalue weighted by atomic mass is 16.5. The Hall–Kier alpha value is -1.06. The van der Waals surface area contributed by atoms with Crippen molar-refractivity contribution in [3.05, 3.63) is 0 Å². The zero-order valence-electron chi connectivity index (χ0n) is 12.7. The molecule has 2 rings (SSSR count). The molecular formula is C15H26N2O2. The van der Waals surface area contributed by atoms with E-state index in [0.717, 1.165) is 18.2 Å². The number of aliphatic imine (C=N–C) groups is 2. The molecule has 0 spiro atoms. The van der Waals surface area contributed by atoms with Crippen LogP contribution in [0.4, 0.5) is 0 Å². The van der Waals surface area contributed by atoms with Gasteiger partial charge in [-0.1, -0.05) is 34.6 Å². The summed E-state index contributed by atoms with van der Waals surface area (Å²) in [5.41, 5.74) is 0. The largest absolute Gasteiger partial charge is 0.478 e. The Morgan fingerprint density at radius 1 is 0.947 bits per heavy atom. The fourth-order valence-electron chi connectivity index (χ4n) is 2.34. The molecule has 4 nitrogen and oxygen atoms in total. The second-order valence-corrected chi connectivity index (χ2v) is 6.14. The fourth-order valence-corrected chi connectivity index (χ4v) is 2.34. The molecule has 0 aliphatic carbocycles. The number of ether oxygens (including phenoxy) is 2. The second kappa shape index (κ2) is 5.93. The first-order valence-electron chi connectivity index (χ1n) is 7.43. The smallest absolute Gasteiger partial charge is 0.196 e. The molecule has 2 heterocycles. The summed E-state index contributed by atoms with van der Waals surface area (Å²) in [5.74, 6) is 2.79. The normalized spacial score (nSPS) is 28.2. The van der Waals surface area contributed by atoms with Gasteiger partial charge in [0.1, 0.15) is 19.1 Å². The molecule has 4 heteroatoms. The van der Waals surface area contributed by atoms with E-state index in [2.05, 4.69) is 34.6 Å². The molecule has 0 fully saturated rings. The van der Waals surface area contributed by atoms with Crippen LogP contribution in [0.15, 0.2) is 9.98 Å². The maximum atomic E-state index is 5.78. The lowest BCUT2D eigenvalue weighted by atomic mass is 10.1. The van der Waals surface area contributed by atoms with Crippen LogP contribution in [0, 0.1) is 17.8 Å². The molecule has 2 atom stereocenters. The summed E-state index contributed by atoms with van der Waals surface area (Å²) in [7, 11) is 0. The summed E-state index contributed by atoms with van der Waals surface area (Å²) in [5, 5.41) is 0. The van der Waals surface area contributed by atoms with Crippen molar-refractivity contribution in [3.8, 4) is 0 Å². The summed E-state index contributed by atoms with van der Waals surface area (Å²) >= 11 is 0. The summed E-state index contributed by atoms with van der Waals surface area (Å²) in [6.07, 6.45) is 0.924. The molecule has 0 aromatic rings. The zero-order valence-corrected chi connectivity index (χ0v) is 12.7. The molecule has 2 unspecified atom stereocenters. The van der Waals surface area contributed by atoms with Crippen LogP contribution < -0.4 is 0 Å². The Morgan fingerprint density at radius 2 is 1.37 bits per heavy atom. The maximum absolute atomic E-state index is 5.78. The zero-order chi connectivity index (χ0) is 14.0. The number of hydrogen-bond acceptors (Lipinski definition) is 4. The molecule has 0 aromatic carbocycles. The third-order valence-electron chi connectivity index (χ3n) is 3.93. The third-order valence-corrected chi connectivity index (χ3v) is 3.93. The van der Waals surface area contributed by atoms with Crippen molar-refractivity contribution < 1.29 is 9.47 Å². The predicted octanol–water partition coefficient (Wildman–Crippen LogP) is 2.92. The molecular weight excluding hydrogens is 240 g/mol. The Bertz CT molecular complexity index is 340. The average molecular weight is 266 g/mol. The Kier molecular flexibility index (Phi) is 4.48. The monoisotopic (exact) mass is 266 g/mol. The van der Waals surface area contributed by atoms with Crippen LogP contribution in [-0.2, 0) is 9.47 Å². The van der Waals surface area contributed by atoms with Gasteiger partial charge in [0, 0.05) is 0 Å². The lowest BCUT2D eigenvalue weighted by Crippen LogP contribution is -2.24. The molecule has 0 saturated heterocycles. The van der Waals surface area contributed by atoms with Gasteiger partial charge in [-0.25, -0.2) is 9.98 Å². The van der Waals surface area contributed by atoms with Gasteiger partial charge >= 0.3 is 0 Å². The quantitative estimate of drug-likeness (QED) is 0.768. The molecule has 19 heavy (non-hydrogen) atoms. The van der Waals surface area contributed by atoms with E-state index in [1.807, 2.05) is 0 Å². The van der Waals surface area contributed by atoms with E-state index in [9.17, 15) is 0 Å². The van der Waals surface area contributed by atoms with Crippen LogP contribution in [0.25, 0.3) is 0 Å². The number of nitrogens with zero attached hydrogens (tertiary/aromatic N) is 2. The predicted molar refractivity (Wildman–Crippen MR) is 77.8 cm³/mol. The topological polar surface area (TPSA) is 43.2 Å². The van der Waals surface area contributed by atoms with E-state index in [0.29, 0.717) is 25.0 Å². The van der Waals surface area contributed by atoms with Gasteiger partial charge in [0.25, 0.3) is 0 Å². The van der Waals surface area contributed by atoms with Crippen molar-refractivity contribution in [2.45, 2.75) is 53.1 Å². The van der Waals surface area contributed by atoms with Gasteiger partial charge in [-0.05, 0) is 18.3 Å². The van der Waals surface area contributed by atoms with Crippen LogP contribution in [0.5, 0.6) is 0 Å². The number of hydrogen-bond donors (Lipinski definition) is 0. The van der Waals surface area contributed by atoms with Crippen molar-refractivity contribution in [3.63, 3.8) is 0 Å². The molecule has 0 bridgehead atoms. The first-order valence-corrected chi connectivity index (χ1v) is 7.43. The Morgan fingerprint density at radius 3 is 1.63 bits per heavy atom. The van der Waals surface area contributed by atoms with Crippen molar-refractivity contribution in [2.75, 3.05) is 13.2 Å². The van der Waals surface area contributed by atoms with E-state index in [-0.39, 0.29) is 18.0 Å². The number of rotatable bonds is 5. The summed E-state index contributed by atoms with van der Waals surface area (Å²) in [6.45, 7) is 12.3. The first kappa shape index (κ1) is 14.4. The average Bonchev–Trinajstić information content (AvgIpc) is 2.98. The van der Waals surface area contributed by atoms with Crippen LogP contribution in [0.3, 0.4) is 0 Å². The van der Waals surface area contributed by atoms with Crippen LogP contribution in [-0.4, -0.2) is 37.1 Å². The highest BCUT2D eigenvalue weighted by Gasteiger charge is 2.34. The minimum Gasteiger partial charge on any atom is -0.478 e. The maximum Gasteiger partial charge on any atom is 0.196 e. The van der Waals surface area contributed by atoms with Crippen molar-refractivity contribution in [1.82, 2.24) is 0 Å². The second-order valence-electron chi connectivity index (χ2n) is 6.14. The van der Waals surface area contributed by atoms with Crippen molar-refractivity contribution >= 4 is 11.8 Å². The highest BCUT2D eigenvalue weighted by molar-refractivity contribution is 6.01. The molecule has 2 aliphatic rings. The molecule has 0 amide bonds. The van der Waals surface area contributed by atoms with Gasteiger partial charge in [0.05, 0.1) is 12.1 Å². The molecule has 0 saturated carbocycles. The summed E-state index contributed by atoms with van der Waals surface area (Å²) < 4.78 is 11.6. The highest BCUT2D eigenvalue weighted by Crippen LogP contribution is 2.24.